The zero-order chi connectivity index (χ0) is 28.5. The number of nitrogens with zero attached hydrogens (tertiary/aromatic N) is 3. The molecule has 0 saturated carbocycles. The number of aryl methyl sites for hydroxylation is 1. The minimum atomic E-state index is -3.72. The largest absolute Gasteiger partial charge is 0.441 e. The van der Waals surface area contributed by atoms with E-state index in [0.29, 0.717) is 42.3 Å². The highest BCUT2D eigenvalue weighted by molar-refractivity contribution is 7.92. The molecule has 4 N–H and O–H groups in total. The number of aromatic nitrogens is 1. The number of rotatable bonds is 10. The van der Waals surface area contributed by atoms with E-state index < -0.39 is 33.7 Å². The van der Waals surface area contributed by atoms with Crippen LogP contribution in [-0.2, 0) is 32.5 Å². The summed E-state index contributed by atoms with van der Waals surface area (Å²) in [4.78, 5) is 42.8. The normalized spacial score (nSPS) is 15.6. The molecule has 1 saturated heterocycles. The van der Waals surface area contributed by atoms with E-state index >= 15 is 0 Å². The van der Waals surface area contributed by atoms with Crippen molar-refractivity contribution >= 4 is 44.7 Å². The second-order valence-electron chi connectivity index (χ2n) is 9.62. The van der Waals surface area contributed by atoms with Crippen molar-refractivity contribution in [2.75, 3.05) is 24.2 Å². The Balaban J connectivity index is 1.68. The van der Waals surface area contributed by atoms with Crippen LogP contribution in [0.15, 0.2) is 34.7 Å². The van der Waals surface area contributed by atoms with Gasteiger partial charge in [0.1, 0.15) is 23.4 Å². The third-order valence-corrected chi connectivity index (χ3v) is 8.04. The Hall–Kier alpha value is -4.00. The first-order chi connectivity index (χ1) is 18.4. The average Bonchev–Trinajstić information content (AvgIpc) is 3.48. The molecule has 0 bridgehead atoms. The maximum atomic E-state index is 13.3. The second-order valence-corrected chi connectivity index (χ2v) is 11.6. The number of amides is 3. The minimum Gasteiger partial charge on any atom is -0.441 e. The van der Waals surface area contributed by atoms with Gasteiger partial charge in [-0.25, -0.2) is 12.8 Å². The number of hydrogen-bond donors (Lipinski definition) is 2. The topological polar surface area (TPSA) is 170 Å². The van der Waals surface area contributed by atoms with Crippen LogP contribution in [0.4, 0.5) is 10.2 Å². The molecule has 1 aliphatic heterocycles. The van der Waals surface area contributed by atoms with Crippen LogP contribution < -0.4 is 15.8 Å². The van der Waals surface area contributed by atoms with E-state index in [2.05, 4.69) is 4.98 Å². The summed E-state index contributed by atoms with van der Waals surface area (Å²) >= 11 is 0. The highest BCUT2D eigenvalue weighted by atomic mass is 32.2. The van der Waals surface area contributed by atoms with Crippen molar-refractivity contribution in [3.63, 3.8) is 0 Å². The quantitative estimate of drug-likeness (QED) is 0.382. The number of anilines is 1. The van der Waals surface area contributed by atoms with E-state index in [-0.39, 0.29) is 48.0 Å². The summed E-state index contributed by atoms with van der Waals surface area (Å²) in [5.41, 5.74) is 12.4. The molecule has 0 aliphatic carbocycles. The Labute approximate surface area is 225 Å². The molecule has 39 heavy (non-hydrogen) atoms. The minimum absolute atomic E-state index is 0.0209. The van der Waals surface area contributed by atoms with E-state index in [9.17, 15) is 27.2 Å². The smallest absolute Gasteiger partial charge is 0.252 e. The highest BCUT2D eigenvalue weighted by Gasteiger charge is 2.32. The number of carbonyl (C=O) groups excluding carboxylic acids is 3. The third kappa shape index (κ3) is 6.03. The van der Waals surface area contributed by atoms with Crippen molar-refractivity contribution in [1.82, 2.24) is 9.88 Å². The monoisotopic (exact) mass is 559 g/mol. The fraction of sp³-hybridized carbons (Fsp3) is 0.385. The standard InChI is InChI=1S/C26H30FN5O6S/c1-31(39(2,36)37)25-16(5-3-7-21(33)32-12-4-6-19(32)23(28)34)14-18-22(24(29)35)20(38-26(18)30-25)13-15-8-10-17(27)11-9-15/h8-11,14,19H,3-7,12-13H2,1-2H3,(H2,28,34)(H2,29,35). The molecule has 1 aliphatic rings. The van der Waals surface area contributed by atoms with Crippen molar-refractivity contribution in [3.8, 4) is 0 Å². The summed E-state index contributed by atoms with van der Waals surface area (Å²) in [7, 11) is -2.37. The second kappa shape index (κ2) is 11.0. The van der Waals surface area contributed by atoms with Gasteiger partial charge in [0.2, 0.25) is 27.6 Å². The van der Waals surface area contributed by atoms with Gasteiger partial charge < -0.3 is 20.8 Å². The number of carbonyl (C=O) groups is 3. The number of benzene rings is 1. The summed E-state index contributed by atoms with van der Waals surface area (Å²) in [6.45, 7) is 0.454. The highest BCUT2D eigenvalue weighted by Crippen LogP contribution is 2.32. The van der Waals surface area contributed by atoms with E-state index in [1.54, 1.807) is 18.2 Å². The molecule has 3 aromatic rings. The van der Waals surface area contributed by atoms with Crippen LogP contribution in [0, 0.1) is 5.82 Å². The lowest BCUT2D eigenvalue weighted by Crippen LogP contribution is -2.43. The molecule has 3 heterocycles. The van der Waals surface area contributed by atoms with Gasteiger partial charge in [0.05, 0.1) is 17.2 Å². The SMILES string of the molecule is CN(c1nc2oc(Cc3ccc(F)cc3)c(C(N)=O)c2cc1CCCC(=O)N1CCCC1C(N)=O)S(C)(=O)=O. The van der Waals surface area contributed by atoms with Crippen LogP contribution in [0.25, 0.3) is 11.1 Å². The van der Waals surface area contributed by atoms with Gasteiger partial charge >= 0.3 is 0 Å². The third-order valence-electron chi connectivity index (χ3n) is 6.87. The Kier molecular flexibility index (Phi) is 7.91. The molecule has 0 spiro atoms. The first kappa shape index (κ1) is 28.0. The summed E-state index contributed by atoms with van der Waals surface area (Å²) in [6, 6.07) is 6.65. The number of fused-ring (bicyclic) bond motifs is 1. The van der Waals surface area contributed by atoms with Crippen molar-refractivity contribution < 1.29 is 31.6 Å². The van der Waals surface area contributed by atoms with E-state index in [1.165, 1.54) is 24.1 Å². The molecule has 208 valence electrons. The zero-order valence-corrected chi connectivity index (χ0v) is 22.5. The van der Waals surface area contributed by atoms with E-state index in [4.69, 9.17) is 15.9 Å². The van der Waals surface area contributed by atoms with Gasteiger partial charge in [0.25, 0.3) is 5.91 Å². The van der Waals surface area contributed by atoms with Crippen LogP contribution in [0.2, 0.25) is 0 Å². The van der Waals surface area contributed by atoms with Crippen LogP contribution in [0.3, 0.4) is 0 Å². The number of primary amides is 2. The predicted octanol–water partition coefficient (Wildman–Crippen LogP) is 1.85. The maximum absolute atomic E-state index is 13.3. The first-order valence-electron chi connectivity index (χ1n) is 12.4. The fourth-order valence-corrected chi connectivity index (χ4v) is 5.31. The molecule has 1 unspecified atom stereocenters. The number of sulfonamides is 1. The summed E-state index contributed by atoms with van der Waals surface area (Å²) in [5, 5.41) is 0.305. The van der Waals surface area contributed by atoms with Crippen LogP contribution >= 0.6 is 0 Å². The van der Waals surface area contributed by atoms with Gasteiger partial charge in [-0.1, -0.05) is 12.1 Å². The first-order valence-corrected chi connectivity index (χ1v) is 14.2. The van der Waals surface area contributed by atoms with Crippen molar-refractivity contribution in [3.05, 3.63) is 58.6 Å². The average molecular weight is 560 g/mol. The zero-order valence-electron chi connectivity index (χ0n) is 21.6. The number of likely N-dealkylation sites (tertiary alicyclic amines) is 1. The number of furan rings is 1. The van der Waals surface area contributed by atoms with Gasteiger partial charge in [-0.3, -0.25) is 18.7 Å². The number of hydrogen-bond acceptors (Lipinski definition) is 7. The lowest BCUT2D eigenvalue weighted by molar-refractivity contribution is -0.137. The Bertz CT molecular complexity index is 1540. The van der Waals surface area contributed by atoms with Crippen LogP contribution in [-0.4, -0.2) is 61.9 Å². The van der Waals surface area contributed by atoms with Crippen molar-refractivity contribution in [1.29, 1.82) is 0 Å². The molecule has 13 heteroatoms. The molecule has 11 nitrogen and oxygen atoms in total. The molecule has 3 amide bonds. The molecule has 2 aromatic heterocycles. The Morgan fingerprint density at radius 3 is 2.51 bits per heavy atom. The summed E-state index contributed by atoms with van der Waals surface area (Å²) in [6.07, 6.45) is 3.06. The van der Waals surface area contributed by atoms with Gasteiger partial charge in [0, 0.05) is 26.4 Å². The summed E-state index contributed by atoms with van der Waals surface area (Å²) in [5.74, 6) is -1.62. The molecule has 4 rings (SSSR count). The maximum Gasteiger partial charge on any atom is 0.252 e. The van der Waals surface area contributed by atoms with Gasteiger partial charge in [-0.05, 0) is 55.0 Å². The number of halogens is 1. The van der Waals surface area contributed by atoms with Gasteiger partial charge in [0.15, 0.2) is 0 Å². The Morgan fingerprint density at radius 1 is 1.21 bits per heavy atom. The summed E-state index contributed by atoms with van der Waals surface area (Å²) < 4.78 is 45.0. The molecular weight excluding hydrogens is 529 g/mol. The van der Waals surface area contributed by atoms with Crippen molar-refractivity contribution in [2.45, 2.75) is 44.6 Å². The molecular formula is C26H30FN5O6S. The predicted molar refractivity (Wildman–Crippen MR) is 142 cm³/mol. The lowest BCUT2D eigenvalue weighted by Gasteiger charge is -2.22. The van der Waals surface area contributed by atoms with Crippen LogP contribution in [0.5, 0.6) is 0 Å². The van der Waals surface area contributed by atoms with Crippen LogP contribution in [0.1, 0.15) is 52.9 Å². The van der Waals surface area contributed by atoms with Crippen molar-refractivity contribution in [2.24, 2.45) is 11.5 Å². The lowest BCUT2D eigenvalue weighted by atomic mass is 10.0. The molecule has 1 aromatic carbocycles. The Morgan fingerprint density at radius 2 is 1.90 bits per heavy atom. The van der Waals surface area contributed by atoms with Gasteiger partial charge in [-0.15, -0.1) is 0 Å². The number of pyridine rings is 1. The molecule has 0 radical (unpaired) electrons. The molecule has 1 atom stereocenters. The van der Waals surface area contributed by atoms with Gasteiger partial charge in [-0.2, -0.15) is 4.98 Å². The van der Waals surface area contributed by atoms with E-state index in [0.717, 1.165) is 10.6 Å². The number of nitrogens with two attached hydrogens (primary N) is 2. The van der Waals surface area contributed by atoms with E-state index in [1.807, 2.05) is 0 Å². The fourth-order valence-electron chi connectivity index (χ4n) is 4.83. The molecule has 1 fully saturated rings.